The Morgan fingerprint density at radius 2 is 2.05 bits per heavy atom. The second-order valence-corrected chi connectivity index (χ2v) is 6.58. The van der Waals surface area contributed by atoms with Gasteiger partial charge in [0.25, 0.3) is 5.91 Å². The number of amides is 1. The summed E-state index contributed by atoms with van der Waals surface area (Å²) in [6.45, 7) is 1.87. The maximum Gasteiger partial charge on any atom is 0.257 e. The molecule has 2 aliphatic rings. The van der Waals surface area contributed by atoms with Crippen molar-refractivity contribution in [3.8, 4) is 0 Å². The van der Waals surface area contributed by atoms with Gasteiger partial charge in [0.05, 0.1) is 11.8 Å². The monoisotopic (exact) mass is 306 g/mol. The number of nitrogens with zero attached hydrogens (tertiary/aromatic N) is 1. The molecule has 2 fully saturated rings. The van der Waals surface area contributed by atoms with Gasteiger partial charge in [0, 0.05) is 31.8 Å². The third-order valence-electron chi connectivity index (χ3n) is 5.14. The Bertz CT molecular complexity index is 466. The van der Waals surface area contributed by atoms with Crippen LogP contribution in [-0.2, 0) is 0 Å². The Labute approximate surface area is 131 Å². The molecule has 1 aromatic heterocycles. The number of hydrogen-bond donors (Lipinski definition) is 2. The number of carbonyl (C=O) groups excluding carboxylic acids is 1. The first-order chi connectivity index (χ1) is 10.8. The Balaban J connectivity index is 1.48. The van der Waals surface area contributed by atoms with Crippen LogP contribution in [0.5, 0.6) is 0 Å². The fourth-order valence-corrected chi connectivity index (χ4v) is 3.77. The van der Waals surface area contributed by atoms with Crippen LogP contribution >= 0.6 is 0 Å². The largest absolute Gasteiger partial charge is 0.472 e. The molecule has 0 spiro atoms. The standard InChI is InChI=1S/C17H26N2O3/c20-11-13-3-1-2-4-16(13)18-15-5-8-19(9-6-15)17(21)14-7-10-22-12-14/h7,10,12-13,15-16,18,20H,1-6,8-9,11H2. The van der Waals surface area contributed by atoms with Gasteiger partial charge in [-0.15, -0.1) is 0 Å². The van der Waals surface area contributed by atoms with Gasteiger partial charge >= 0.3 is 0 Å². The Morgan fingerprint density at radius 3 is 2.73 bits per heavy atom. The number of aliphatic hydroxyl groups excluding tert-OH is 1. The Kier molecular flexibility index (Phi) is 5.16. The number of carbonyl (C=O) groups is 1. The summed E-state index contributed by atoms with van der Waals surface area (Å²) in [6, 6.07) is 2.63. The molecule has 2 atom stereocenters. The van der Waals surface area contributed by atoms with Gasteiger partial charge in [-0.2, -0.15) is 0 Å². The maximum absolute atomic E-state index is 12.3. The SMILES string of the molecule is O=C(c1ccoc1)N1CCC(NC2CCCCC2CO)CC1. The van der Waals surface area contributed by atoms with Crippen molar-refractivity contribution >= 4 is 5.91 Å². The highest BCUT2D eigenvalue weighted by atomic mass is 16.3. The molecule has 5 nitrogen and oxygen atoms in total. The molecule has 2 N–H and O–H groups in total. The molecule has 3 rings (SSSR count). The van der Waals surface area contributed by atoms with Crippen LogP contribution in [0.25, 0.3) is 0 Å². The second kappa shape index (κ2) is 7.29. The van der Waals surface area contributed by atoms with Crippen LogP contribution in [0, 0.1) is 5.92 Å². The highest BCUT2D eigenvalue weighted by Gasteiger charge is 2.29. The molecule has 122 valence electrons. The minimum absolute atomic E-state index is 0.0677. The van der Waals surface area contributed by atoms with Crippen molar-refractivity contribution < 1.29 is 14.3 Å². The number of nitrogens with one attached hydrogen (secondary N) is 1. The van der Waals surface area contributed by atoms with E-state index in [1.807, 2.05) is 4.90 Å². The number of hydrogen-bond acceptors (Lipinski definition) is 4. The van der Waals surface area contributed by atoms with E-state index >= 15 is 0 Å². The Morgan fingerprint density at radius 1 is 1.27 bits per heavy atom. The van der Waals surface area contributed by atoms with Gasteiger partial charge < -0.3 is 19.7 Å². The van der Waals surface area contributed by atoms with Crippen LogP contribution in [0.1, 0.15) is 48.9 Å². The quantitative estimate of drug-likeness (QED) is 0.893. The zero-order valence-corrected chi connectivity index (χ0v) is 13.0. The summed E-state index contributed by atoms with van der Waals surface area (Å²) < 4.78 is 4.99. The first-order valence-electron chi connectivity index (χ1n) is 8.46. The fraction of sp³-hybridized carbons (Fsp3) is 0.706. The van der Waals surface area contributed by atoms with Crippen molar-refractivity contribution in [1.82, 2.24) is 10.2 Å². The van der Waals surface area contributed by atoms with E-state index in [-0.39, 0.29) is 12.5 Å². The van der Waals surface area contributed by atoms with Crippen molar-refractivity contribution in [3.63, 3.8) is 0 Å². The van der Waals surface area contributed by atoms with E-state index in [1.54, 1.807) is 12.3 Å². The van der Waals surface area contributed by atoms with Crippen LogP contribution in [0.15, 0.2) is 23.0 Å². The molecule has 1 aliphatic carbocycles. The molecule has 1 aliphatic heterocycles. The highest BCUT2D eigenvalue weighted by molar-refractivity contribution is 5.93. The van der Waals surface area contributed by atoms with E-state index in [0.29, 0.717) is 23.6 Å². The lowest BCUT2D eigenvalue weighted by Crippen LogP contribution is -2.50. The number of piperidine rings is 1. The minimum atomic E-state index is 0.0677. The van der Waals surface area contributed by atoms with Crippen molar-refractivity contribution in [2.75, 3.05) is 19.7 Å². The van der Waals surface area contributed by atoms with Crippen LogP contribution in [0.3, 0.4) is 0 Å². The van der Waals surface area contributed by atoms with Crippen LogP contribution < -0.4 is 5.32 Å². The van der Waals surface area contributed by atoms with Crippen molar-refractivity contribution in [1.29, 1.82) is 0 Å². The van der Waals surface area contributed by atoms with E-state index < -0.39 is 0 Å². The van der Waals surface area contributed by atoms with Crippen molar-refractivity contribution in [2.45, 2.75) is 50.6 Å². The molecule has 0 radical (unpaired) electrons. The lowest BCUT2D eigenvalue weighted by Gasteiger charge is -2.38. The van der Waals surface area contributed by atoms with Gasteiger partial charge in [-0.05, 0) is 37.7 Å². The van der Waals surface area contributed by atoms with E-state index in [0.717, 1.165) is 32.4 Å². The highest BCUT2D eigenvalue weighted by Crippen LogP contribution is 2.25. The molecule has 2 unspecified atom stereocenters. The molecule has 22 heavy (non-hydrogen) atoms. The van der Waals surface area contributed by atoms with Crippen LogP contribution in [-0.4, -0.2) is 47.7 Å². The van der Waals surface area contributed by atoms with Crippen LogP contribution in [0.2, 0.25) is 0 Å². The Hall–Kier alpha value is -1.33. The first kappa shape index (κ1) is 15.6. The van der Waals surface area contributed by atoms with Gasteiger partial charge in [0.1, 0.15) is 6.26 Å². The lowest BCUT2D eigenvalue weighted by molar-refractivity contribution is 0.0687. The molecule has 1 amide bonds. The molecule has 5 heteroatoms. The number of likely N-dealkylation sites (tertiary alicyclic amines) is 1. The zero-order chi connectivity index (χ0) is 15.4. The smallest absolute Gasteiger partial charge is 0.257 e. The third-order valence-corrected chi connectivity index (χ3v) is 5.14. The molecule has 1 saturated heterocycles. The topological polar surface area (TPSA) is 65.7 Å². The molecule has 0 aromatic carbocycles. The fourth-order valence-electron chi connectivity index (χ4n) is 3.77. The molecule has 1 saturated carbocycles. The average molecular weight is 306 g/mol. The van der Waals surface area contributed by atoms with Gasteiger partial charge in [-0.3, -0.25) is 4.79 Å². The van der Waals surface area contributed by atoms with Gasteiger partial charge in [0.2, 0.25) is 0 Å². The third kappa shape index (κ3) is 3.52. The lowest BCUT2D eigenvalue weighted by atomic mass is 9.84. The minimum Gasteiger partial charge on any atom is -0.472 e. The zero-order valence-electron chi connectivity index (χ0n) is 13.0. The van der Waals surface area contributed by atoms with Crippen molar-refractivity contribution in [3.05, 3.63) is 24.2 Å². The summed E-state index contributed by atoms with van der Waals surface area (Å²) in [5, 5.41) is 13.2. The predicted molar refractivity (Wildman–Crippen MR) is 83.6 cm³/mol. The van der Waals surface area contributed by atoms with E-state index in [4.69, 9.17) is 4.42 Å². The molecule has 0 bridgehead atoms. The summed E-state index contributed by atoms with van der Waals surface area (Å²) in [5.74, 6) is 0.470. The van der Waals surface area contributed by atoms with Gasteiger partial charge in [-0.25, -0.2) is 0 Å². The molecule has 1 aromatic rings. The van der Waals surface area contributed by atoms with Crippen molar-refractivity contribution in [2.24, 2.45) is 5.92 Å². The normalized spacial score (nSPS) is 27.0. The summed E-state index contributed by atoms with van der Waals surface area (Å²) in [5.41, 5.74) is 0.638. The maximum atomic E-state index is 12.3. The summed E-state index contributed by atoms with van der Waals surface area (Å²) in [6.07, 6.45) is 9.81. The number of furan rings is 1. The summed E-state index contributed by atoms with van der Waals surface area (Å²) in [4.78, 5) is 14.2. The second-order valence-electron chi connectivity index (χ2n) is 6.58. The van der Waals surface area contributed by atoms with E-state index in [1.165, 1.54) is 25.5 Å². The molecular formula is C17H26N2O3. The summed E-state index contributed by atoms with van der Waals surface area (Å²) >= 11 is 0. The summed E-state index contributed by atoms with van der Waals surface area (Å²) in [7, 11) is 0. The molecule has 2 heterocycles. The van der Waals surface area contributed by atoms with E-state index in [2.05, 4.69) is 5.32 Å². The van der Waals surface area contributed by atoms with Gasteiger partial charge in [-0.1, -0.05) is 12.8 Å². The number of rotatable bonds is 4. The molecular weight excluding hydrogens is 280 g/mol. The van der Waals surface area contributed by atoms with E-state index in [9.17, 15) is 9.90 Å². The first-order valence-corrected chi connectivity index (χ1v) is 8.46. The number of aliphatic hydroxyl groups is 1. The predicted octanol–water partition coefficient (Wildman–Crippen LogP) is 2.02. The van der Waals surface area contributed by atoms with Crippen LogP contribution in [0.4, 0.5) is 0 Å². The average Bonchev–Trinajstić information content (AvgIpc) is 3.10. The van der Waals surface area contributed by atoms with Gasteiger partial charge in [0.15, 0.2) is 0 Å².